The maximum absolute atomic E-state index is 9.67. The third-order valence-corrected chi connectivity index (χ3v) is 2.61. The molecule has 0 bridgehead atoms. The predicted molar refractivity (Wildman–Crippen MR) is 56.2 cm³/mol. The lowest BCUT2D eigenvalue weighted by atomic mass is 9.92. The smallest absolute Gasteiger partial charge is 0.119 e. The van der Waals surface area contributed by atoms with Gasteiger partial charge in [0.2, 0.25) is 0 Å². The van der Waals surface area contributed by atoms with Gasteiger partial charge < -0.3 is 5.11 Å². The van der Waals surface area contributed by atoms with Gasteiger partial charge in [-0.2, -0.15) is 0 Å². The van der Waals surface area contributed by atoms with Gasteiger partial charge in [-0.05, 0) is 37.3 Å². The zero-order valence-electron chi connectivity index (χ0n) is 8.67. The summed E-state index contributed by atoms with van der Waals surface area (Å²) in [6.07, 6.45) is 2.18. The average molecular weight is 178 g/mol. The molecule has 1 N–H and O–H groups in total. The molecule has 1 nitrogen and oxygen atoms in total. The lowest BCUT2D eigenvalue weighted by Crippen LogP contribution is -1.96. The summed E-state index contributed by atoms with van der Waals surface area (Å²) in [6, 6.07) is 5.83. The van der Waals surface area contributed by atoms with Crippen LogP contribution in [-0.2, 0) is 0 Å². The van der Waals surface area contributed by atoms with Gasteiger partial charge in [-0.25, -0.2) is 0 Å². The van der Waals surface area contributed by atoms with Crippen molar-refractivity contribution in [1.29, 1.82) is 0 Å². The maximum atomic E-state index is 9.67. The zero-order valence-corrected chi connectivity index (χ0v) is 8.67. The summed E-state index contributed by atoms with van der Waals surface area (Å²) in [5, 5.41) is 9.67. The summed E-state index contributed by atoms with van der Waals surface area (Å²) in [4.78, 5) is 0. The molecule has 0 radical (unpaired) electrons. The monoisotopic (exact) mass is 178 g/mol. The molecule has 1 aromatic carbocycles. The van der Waals surface area contributed by atoms with E-state index in [0.717, 1.165) is 18.4 Å². The Balaban J connectivity index is 3.03. The number of aromatic hydroxyl groups is 1. The first-order chi connectivity index (χ1) is 6.19. The summed E-state index contributed by atoms with van der Waals surface area (Å²) in [5.41, 5.74) is 2.32. The molecule has 0 heterocycles. The number of benzene rings is 1. The van der Waals surface area contributed by atoms with Gasteiger partial charge in [-0.3, -0.25) is 0 Å². The third kappa shape index (κ3) is 2.24. The first-order valence-electron chi connectivity index (χ1n) is 4.98. The molecule has 0 unspecified atom stereocenters. The van der Waals surface area contributed by atoms with Crippen molar-refractivity contribution >= 4 is 0 Å². The lowest BCUT2D eigenvalue weighted by molar-refractivity contribution is 0.457. The minimum absolute atomic E-state index is 0.444. The Labute approximate surface area is 80.4 Å². The number of rotatable bonds is 3. The standard InChI is InChI=1S/C12H18O/c1-4-10(5-2)11-8-9(3)6-7-12(11)13/h6-8,10,13H,4-5H2,1-3H3. The second-order valence-corrected chi connectivity index (χ2v) is 3.58. The normalized spacial score (nSPS) is 10.8. The molecule has 0 amide bonds. The van der Waals surface area contributed by atoms with E-state index >= 15 is 0 Å². The van der Waals surface area contributed by atoms with Crippen LogP contribution in [0.2, 0.25) is 0 Å². The molecule has 1 aromatic rings. The Morgan fingerprint density at radius 2 is 1.85 bits per heavy atom. The van der Waals surface area contributed by atoms with Crippen molar-refractivity contribution in [3.8, 4) is 5.75 Å². The summed E-state index contributed by atoms with van der Waals surface area (Å²) in [7, 11) is 0. The molecule has 72 valence electrons. The van der Waals surface area contributed by atoms with Crippen LogP contribution in [0.1, 0.15) is 43.7 Å². The van der Waals surface area contributed by atoms with Gasteiger partial charge in [0.1, 0.15) is 5.75 Å². The first-order valence-corrected chi connectivity index (χ1v) is 4.98. The molecule has 0 aromatic heterocycles. The van der Waals surface area contributed by atoms with Gasteiger partial charge in [-0.15, -0.1) is 0 Å². The Bertz CT molecular complexity index is 274. The van der Waals surface area contributed by atoms with Crippen molar-refractivity contribution < 1.29 is 5.11 Å². The lowest BCUT2D eigenvalue weighted by Gasteiger charge is -2.14. The summed E-state index contributed by atoms with van der Waals surface area (Å²) in [6.45, 7) is 6.39. The van der Waals surface area contributed by atoms with E-state index in [-0.39, 0.29) is 0 Å². The van der Waals surface area contributed by atoms with Gasteiger partial charge in [0.05, 0.1) is 0 Å². The van der Waals surface area contributed by atoms with E-state index in [2.05, 4.69) is 26.8 Å². The van der Waals surface area contributed by atoms with Crippen molar-refractivity contribution in [3.63, 3.8) is 0 Å². The van der Waals surface area contributed by atoms with Crippen LogP contribution in [-0.4, -0.2) is 5.11 Å². The van der Waals surface area contributed by atoms with Crippen molar-refractivity contribution in [2.75, 3.05) is 0 Å². The molecule has 0 atom stereocenters. The minimum atomic E-state index is 0.444. The Morgan fingerprint density at radius 1 is 1.23 bits per heavy atom. The van der Waals surface area contributed by atoms with E-state index in [9.17, 15) is 5.11 Å². The highest BCUT2D eigenvalue weighted by atomic mass is 16.3. The fourth-order valence-corrected chi connectivity index (χ4v) is 1.73. The Kier molecular flexibility index (Phi) is 3.35. The first kappa shape index (κ1) is 10.1. The number of hydrogen-bond donors (Lipinski definition) is 1. The Hall–Kier alpha value is -0.980. The average Bonchev–Trinajstić information content (AvgIpc) is 2.13. The molecule has 0 saturated carbocycles. The molecule has 0 aliphatic rings. The van der Waals surface area contributed by atoms with Gasteiger partial charge in [0.15, 0.2) is 0 Å². The van der Waals surface area contributed by atoms with Crippen molar-refractivity contribution in [1.82, 2.24) is 0 Å². The molecule has 0 fully saturated rings. The number of aryl methyl sites for hydroxylation is 1. The largest absolute Gasteiger partial charge is 0.508 e. The van der Waals surface area contributed by atoms with E-state index in [1.165, 1.54) is 5.56 Å². The molecule has 0 spiro atoms. The maximum Gasteiger partial charge on any atom is 0.119 e. The topological polar surface area (TPSA) is 20.2 Å². The number of phenols is 1. The van der Waals surface area contributed by atoms with E-state index in [4.69, 9.17) is 0 Å². The van der Waals surface area contributed by atoms with Gasteiger partial charge in [0.25, 0.3) is 0 Å². The SMILES string of the molecule is CCC(CC)c1cc(C)ccc1O. The highest BCUT2D eigenvalue weighted by Crippen LogP contribution is 2.30. The second-order valence-electron chi connectivity index (χ2n) is 3.58. The van der Waals surface area contributed by atoms with E-state index in [0.29, 0.717) is 11.7 Å². The van der Waals surface area contributed by atoms with Crippen molar-refractivity contribution in [2.45, 2.75) is 39.5 Å². The molecule has 13 heavy (non-hydrogen) atoms. The fourth-order valence-electron chi connectivity index (χ4n) is 1.73. The van der Waals surface area contributed by atoms with Crippen LogP contribution in [0, 0.1) is 6.92 Å². The van der Waals surface area contributed by atoms with E-state index in [1.807, 2.05) is 6.07 Å². The second kappa shape index (κ2) is 4.31. The van der Waals surface area contributed by atoms with Crippen LogP contribution in [0.3, 0.4) is 0 Å². The minimum Gasteiger partial charge on any atom is -0.508 e. The highest BCUT2D eigenvalue weighted by molar-refractivity contribution is 5.38. The van der Waals surface area contributed by atoms with E-state index < -0.39 is 0 Å². The quantitative estimate of drug-likeness (QED) is 0.749. The van der Waals surface area contributed by atoms with Gasteiger partial charge in [-0.1, -0.05) is 31.5 Å². The van der Waals surface area contributed by atoms with Crippen LogP contribution in [0.5, 0.6) is 5.75 Å². The zero-order chi connectivity index (χ0) is 9.84. The molecule has 0 aliphatic heterocycles. The van der Waals surface area contributed by atoms with Crippen LogP contribution < -0.4 is 0 Å². The summed E-state index contributed by atoms with van der Waals surface area (Å²) in [5.74, 6) is 0.944. The van der Waals surface area contributed by atoms with Crippen molar-refractivity contribution in [3.05, 3.63) is 29.3 Å². The number of hydrogen-bond acceptors (Lipinski definition) is 1. The third-order valence-electron chi connectivity index (χ3n) is 2.61. The van der Waals surface area contributed by atoms with Crippen LogP contribution >= 0.6 is 0 Å². The van der Waals surface area contributed by atoms with Crippen LogP contribution in [0.4, 0.5) is 0 Å². The molecule has 1 rings (SSSR count). The molecule has 0 aliphatic carbocycles. The predicted octanol–water partition coefficient (Wildman–Crippen LogP) is 3.60. The van der Waals surface area contributed by atoms with Gasteiger partial charge >= 0.3 is 0 Å². The highest BCUT2D eigenvalue weighted by Gasteiger charge is 2.10. The van der Waals surface area contributed by atoms with Gasteiger partial charge in [0, 0.05) is 0 Å². The van der Waals surface area contributed by atoms with E-state index in [1.54, 1.807) is 6.07 Å². The van der Waals surface area contributed by atoms with Crippen molar-refractivity contribution in [2.24, 2.45) is 0 Å². The van der Waals surface area contributed by atoms with Crippen LogP contribution in [0.15, 0.2) is 18.2 Å². The molecular formula is C12H18O. The molecule has 0 saturated heterocycles. The number of phenolic OH excluding ortho intramolecular Hbond substituents is 1. The summed E-state index contributed by atoms with van der Waals surface area (Å²) < 4.78 is 0. The Morgan fingerprint density at radius 3 is 2.38 bits per heavy atom. The molecular weight excluding hydrogens is 160 g/mol. The molecule has 1 heteroatoms. The van der Waals surface area contributed by atoms with Crippen LogP contribution in [0.25, 0.3) is 0 Å². The fraction of sp³-hybridized carbons (Fsp3) is 0.500. The summed E-state index contributed by atoms with van der Waals surface area (Å²) >= 11 is 0.